The minimum Gasteiger partial charge on any atom is -0.375 e. The number of nitrogens with zero attached hydrogens (tertiary/aromatic N) is 1. The second-order valence-corrected chi connectivity index (χ2v) is 2.47. The molecule has 1 nitrogen and oxygen atoms in total. The molecule has 1 heteroatoms. The highest BCUT2D eigenvalue weighted by Gasteiger charge is 2.13. The van der Waals surface area contributed by atoms with Gasteiger partial charge in [-0.1, -0.05) is 13.0 Å². The van der Waals surface area contributed by atoms with Gasteiger partial charge < -0.3 is 4.90 Å². The van der Waals surface area contributed by atoms with Crippen molar-refractivity contribution in [2.75, 3.05) is 13.1 Å². The zero-order valence-electron chi connectivity index (χ0n) is 6.35. The Hall–Kier alpha value is -0.460. The normalized spacial score (nSPS) is 19.8. The van der Waals surface area contributed by atoms with Crippen LogP contribution in [0.2, 0.25) is 0 Å². The maximum absolute atomic E-state index is 2.44. The van der Waals surface area contributed by atoms with Gasteiger partial charge in [0.2, 0.25) is 0 Å². The lowest BCUT2D eigenvalue weighted by Gasteiger charge is -2.34. The summed E-state index contributed by atoms with van der Waals surface area (Å²) < 4.78 is 0. The van der Waals surface area contributed by atoms with E-state index >= 15 is 0 Å². The minimum atomic E-state index is 1.19. The lowest BCUT2D eigenvalue weighted by atomic mass is 10.1. The van der Waals surface area contributed by atoms with Crippen LogP contribution in [0.25, 0.3) is 0 Å². The van der Waals surface area contributed by atoms with Gasteiger partial charge in [0.1, 0.15) is 0 Å². The van der Waals surface area contributed by atoms with Gasteiger partial charge in [-0.3, -0.25) is 0 Å². The van der Waals surface area contributed by atoms with E-state index in [4.69, 9.17) is 0 Å². The quantitative estimate of drug-likeness (QED) is 0.545. The van der Waals surface area contributed by atoms with E-state index in [1.54, 1.807) is 0 Å². The predicted molar refractivity (Wildman–Crippen MR) is 40.2 cm³/mol. The monoisotopic (exact) mass is 125 g/mol. The SMILES string of the molecule is CC=C(CC)N1CCC1. The molecule has 0 spiro atoms. The molecule has 0 amide bonds. The van der Waals surface area contributed by atoms with E-state index in [1.165, 1.54) is 31.6 Å². The number of allylic oxidation sites excluding steroid dienone is 2. The molecule has 52 valence electrons. The molecule has 0 bridgehead atoms. The highest BCUT2D eigenvalue weighted by Crippen LogP contribution is 2.16. The highest BCUT2D eigenvalue weighted by atomic mass is 15.2. The Morgan fingerprint density at radius 1 is 1.56 bits per heavy atom. The van der Waals surface area contributed by atoms with E-state index in [1.807, 2.05) is 0 Å². The van der Waals surface area contributed by atoms with Crippen molar-refractivity contribution in [2.24, 2.45) is 0 Å². The molecule has 1 fully saturated rings. The molecule has 0 aromatic rings. The molecular formula is C8H15N. The first-order valence-electron chi connectivity index (χ1n) is 3.78. The van der Waals surface area contributed by atoms with Gasteiger partial charge in [-0.05, 0) is 19.8 Å². The van der Waals surface area contributed by atoms with Crippen LogP contribution in [0.3, 0.4) is 0 Å². The summed E-state index contributed by atoms with van der Waals surface area (Å²) in [5.41, 5.74) is 1.52. The summed E-state index contributed by atoms with van der Waals surface area (Å²) in [6, 6.07) is 0. The molecule has 0 saturated carbocycles. The first-order chi connectivity index (χ1) is 4.38. The minimum absolute atomic E-state index is 1.19. The Bertz CT molecular complexity index is 112. The van der Waals surface area contributed by atoms with Crippen molar-refractivity contribution < 1.29 is 0 Å². The van der Waals surface area contributed by atoms with Crippen molar-refractivity contribution in [1.82, 2.24) is 4.90 Å². The summed E-state index contributed by atoms with van der Waals surface area (Å²) in [7, 11) is 0. The van der Waals surface area contributed by atoms with E-state index in [0.717, 1.165) is 0 Å². The number of hydrogen-bond acceptors (Lipinski definition) is 1. The summed E-state index contributed by atoms with van der Waals surface area (Å²) >= 11 is 0. The molecule has 1 heterocycles. The molecule has 0 aliphatic carbocycles. The third kappa shape index (κ3) is 1.26. The maximum Gasteiger partial charge on any atom is 0.0191 e. The van der Waals surface area contributed by atoms with Crippen molar-refractivity contribution >= 4 is 0 Å². The molecule has 1 saturated heterocycles. The number of hydrogen-bond donors (Lipinski definition) is 0. The van der Waals surface area contributed by atoms with Gasteiger partial charge in [0.05, 0.1) is 0 Å². The Labute approximate surface area is 57.4 Å². The first kappa shape index (κ1) is 6.66. The molecule has 0 N–H and O–H groups in total. The van der Waals surface area contributed by atoms with Gasteiger partial charge in [-0.25, -0.2) is 0 Å². The third-order valence-electron chi connectivity index (χ3n) is 1.96. The van der Waals surface area contributed by atoms with Crippen molar-refractivity contribution in [3.63, 3.8) is 0 Å². The molecule has 1 aliphatic rings. The highest BCUT2D eigenvalue weighted by molar-refractivity contribution is 5.01. The summed E-state index contributed by atoms with van der Waals surface area (Å²) in [5.74, 6) is 0. The Morgan fingerprint density at radius 3 is 2.33 bits per heavy atom. The fourth-order valence-corrected chi connectivity index (χ4v) is 1.21. The van der Waals surface area contributed by atoms with Crippen LogP contribution in [-0.4, -0.2) is 18.0 Å². The summed E-state index contributed by atoms with van der Waals surface area (Å²) in [5, 5.41) is 0. The third-order valence-corrected chi connectivity index (χ3v) is 1.96. The topological polar surface area (TPSA) is 3.24 Å². The van der Waals surface area contributed by atoms with Crippen LogP contribution >= 0.6 is 0 Å². The van der Waals surface area contributed by atoms with Crippen LogP contribution in [0, 0.1) is 0 Å². The van der Waals surface area contributed by atoms with E-state index < -0.39 is 0 Å². The van der Waals surface area contributed by atoms with Crippen LogP contribution in [0.15, 0.2) is 11.8 Å². The van der Waals surface area contributed by atoms with Crippen LogP contribution in [-0.2, 0) is 0 Å². The largest absolute Gasteiger partial charge is 0.375 e. The van der Waals surface area contributed by atoms with Crippen LogP contribution in [0.1, 0.15) is 26.7 Å². The fourth-order valence-electron chi connectivity index (χ4n) is 1.21. The lowest BCUT2D eigenvalue weighted by molar-refractivity contribution is 0.232. The predicted octanol–water partition coefficient (Wildman–Crippen LogP) is 2.01. The van der Waals surface area contributed by atoms with Crippen molar-refractivity contribution in [2.45, 2.75) is 26.7 Å². The van der Waals surface area contributed by atoms with Gasteiger partial charge in [0, 0.05) is 18.8 Å². The molecule has 0 aromatic carbocycles. The number of likely N-dealkylation sites (tertiary alicyclic amines) is 1. The second-order valence-electron chi connectivity index (χ2n) is 2.47. The van der Waals surface area contributed by atoms with Crippen molar-refractivity contribution in [1.29, 1.82) is 0 Å². The van der Waals surface area contributed by atoms with Crippen molar-refractivity contribution in [3.8, 4) is 0 Å². The Kier molecular flexibility index (Phi) is 2.15. The fraction of sp³-hybridized carbons (Fsp3) is 0.750. The molecular weight excluding hydrogens is 110 g/mol. The molecule has 0 unspecified atom stereocenters. The average molecular weight is 125 g/mol. The Morgan fingerprint density at radius 2 is 2.22 bits per heavy atom. The van der Waals surface area contributed by atoms with Gasteiger partial charge in [-0.15, -0.1) is 0 Å². The lowest BCUT2D eigenvalue weighted by Crippen LogP contribution is -2.35. The summed E-state index contributed by atoms with van der Waals surface area (Å²) in [6.07, 6.45) is 4.80. The second kappa shape index (κ2) is 2.90. The van der Waals surface area contributed by atoms with E-state index in [0.29, 0.717) is 0 Å². The Balaban J connectivity index is 2.37. The van der Waals surface area contributed by atoms with Crippen LogP contribution < -0.4 is 0 Å². The van der Waals surface area contributed by atoms with Gasteiger partial charge >= 0.3 is 0 Å². The van der Waals surface area contributed by atoms with Gasteiger partial charge in [-0.2, -0.15) is 0 Å². The van der Waals surface area contributed by atoms with Gasteiger partial charge in [0.25, 0.3) is 0 Å². The summed E-state index contributed by atoms with van der Waals surface area (Å²) in [4.78, 5) is 2.44. The van der Waals surface area contributed by atoms with E-state index in [9.17, 15) is 0 Å². The van der Waals surface area contributed by atoms with Crippen molar-refractivity contribution in [3.05, 3.63) is 11.8 Å². The maximum atomic E-state index is 2.44. The zero-order valence-corrected chi connectivity index (χ0v) is 6.35. The van der Waals surface area contributed by atoms with E-state index in [2.05, 4.69) is 24.8 Å². The average Bonchev–Trinajstić information content (AvgIpc) is 1.78. The zero-order chi connectivity index (χ0) is 6.69. The smallest absolute Gasteiger partial charge is 0.0191 e. The molecule has 9 heavy (non-hydrogen) atoms. The first-order valence-corrected chi connectivity index (χ1v) is 3.78. The molecule has 0 radical (unpaired) electrons. The van der Waals surface area contributed by atoms with Crippen LogP contribution in [0.4, 0.5) is 0 Å². The van der Waals surface area contributed by atoms with Crippen LogP contribution in [0.5, 0.6) is 0 Å². The van der Waals surface area contributed by atoms with Gasteiger partial charge in [0.15, 0.2) is 0 Å². The molecule has 0 atom stereocenters. The standard InChI is InChI=1S/C8H15N/c1-3-8(4-2)9-6-5-7-9/h3H,4-7H2,1-2H3. The van der Waals surface area contributed by atoms with E-state index in [-0.39, 0.29) is 0 Å². The summed E-state index contributed by atoms with van der Waals surface area (Å²) in [6.45, 7) is 6.91. The molecule has 1 aliphatic heterocycles. The number of rotatable bonds is 2. The molecule has 1 rings (SSSR count). The molecule has 0 aromatic heterocycles.